The molecular weight excluding hydrogens is 379 g/mol. The summed E-state index contributed by atoms with van der Waals surface area (Å²) in [6.45, 7) is 2.21. The summed E-state index contributed by atoms with van der Waals surface area (Å²) in [7, 11) is 0. The zero-order chi connectivity index (χ0) is 15.1. The standard InChI is InChI=1S/C16H21IN2O2/c17-14-8-6-13(7-9-14)16(21)18-10-4-12-19-11-3-1-2-5-15(19)20/h6-9H,1-5,10-12H2,(H,18,21). The molecule has 0 aliphatic carbocycles. The first-order valence-corrected chi connectivity index (χ1v) is 8.56. The fourth-order valence-electron chi connectivity index (χ4n) is 2.45. The maximum Gasteiger partial charge on any atom is 0.251 e. The molecule has 0 bridgehead atoms. The summed E-state index contributed by atoms with van der Waals surface area (Å²) >= 11 is 2.22. The Morgan fingerprint density at radius 2 is 1.95 bits per heavy atom. The van der Waals surface area contributed by atoms with Gasteiger partial charge in [0.25, 0.3) is 5.91 Å². The van der Waals surface area contributed by atoms with Crippen molar-refractivity contribution in [2.24, 2.45) is 0 Å². The van der Waals surface area contributed by atoms with Crippen molar-refractivity contribution >= 4 is 34.4 Å². The van der Waals surface area contributed by atoms with E-state index in [0.717, 1.165) is 42.3 Å². The van der Waals surface area contributed by atoms with Crippen LogP contribution in [0.4, 0.5) is 0 Å². The van der Waals surface area contributed by atoms with Gasteiger partial charge in [0.05, 0.1) is 0 Å². The minimum absolute atomic E-state index is 0.0476. The van der Waals surface area contributed by atoms with Crippen LogP contribution in [0.5, 0.6) is 0 Å². The maximum atomic E-state index is 11.9. The van der Waals surface area contributed by atoms with Crippen LogP contribution < -0.4 is 5.32 Å². The van der Waals surface area contributed by atoms with Crippen molar-refractivity contribution in [1.29, 1.82) is 0 Å². The van der Waals surface area contributed by atoms with Crippen LogP contribution >= 0.6 is 22.6 Å². The molecule has 1 saturated heterocycles. The van der Waals surface area contributed by atoms with Crippen LogP contribution in [-0.2, 0) is 4.79 Å². The Morgan fingerprint density at radius 1 is 1.19 bits per heavy atom. The van der Waals surface area contributed by atoms with Crippen LogP contribution in [0.3, 0.4) is 0 Å². The molecule has 0 atom stereocenters. The fourth-order valence-corrected chi connectivity index (χ4v) is 2.81. The van der Waals surface area contributed by atoms with E-state index in [2.05, 4.69) is 27.9 Å². The third-order valence-corrected chi connectivity index (χ3v) is 4.39. The van der Waals surface area contributed by atoms with Crippen LogP contribution in [-0.4, -0.2) is 36.3 Å². The third kappa shape index (κ3) is 5.30. The van der Waals surface area contributed by atoms with Crippen LogP contribution in [0, 0.1) is 3.57 Å². The van der Waals surface area contributed by atoms with E-state index in [-0.39, 0.29) is 11.8 Å². The molecule has 1 heterocycles. The van der Waals surface area contributed by atoms with Gasteiger partial charge in [0.1, 0.15) is 0 Å². The van der Waals surface area contributed by atoms with Crippen LogP contribution in [0.1, 0.15) is 42.5 Å². The molecule has 0 unspecified atom stereocenters. The highest BCUT2D eigenvalue weighted by Gasteiger charge is 2.15. The predicted molar refractivity (Wildman–Crippen MR) is 91.2 cm³/mol. The minimum atomic E-state index is -0.0476. The van der Waals surface area contributed by atoms with Crippen LogP contribution in [0.25, 0.3) is 0 Å². The van der Waals surface area contributed by atoms with Crippen molar-refractivity contribution in [2.75, 3.05) is 19.6 Å². The van der Waals surface area contributed by atoms with E-state index in [4.69, 9.17) is 0 Å². The second kappa shape index (κ2) is 8.36. The van der Waals surface area contributed by atoms with E-state index in [0.29, 0.717) is 18.5 Å². The average molecular weight is 400 g/mol. The SMILES string of the molecule is O=C(NCCCN1CCCCCC1=O)c1ccc(I)cc1. The molecule has 2 rings (SSSR count). The summed E-state index contributed by atoms with van der Waals surface area (Å²) in [5.41, 5.74) is 0.682. The van der Waals surface area contributed by atoms with E-state index < -0.39 is 0 Å². The molecule has 4 nitrogen and oxygen atoms in total. The molecule has 0 radical (unpaired) electrons. The average Bonchev–Trinajstić information content (AvgIpc) is 2.69. The molecule has 0 aromatic heterocycles. The first kappa shape index (κ1) is 16.3. The first-order valence-electron chi connectivity index (χ1n) is 7.48. The number of nitrogens with zero attached hydrogens (tertiary/aromatic N) is 1. The highest BCUT2D eigenvalue weighted by atomic mass is 127. The normalized spacial score (nSPS) is 15.7. The molecule has 0 saturated carbocycles. The molecule has 114 valence electrons. The number of amides is 2. The molecule has 2 amide bonds. The van der Waals surface area contributed by atoms with Gasteiger partial charge in [-0.15, -0.1) is 0 Å². The monoisotopic (exact) mass is 400 g/mol. The van der Waals surface area contributed by atoms with E-state index in [1.807, 2.05) is 29.2 Å². The Balaban J connectivity index is 1.70. The number of likely N-dealkylation sites (tertiary alicyclic amines) is 1. The van der Waals surface area contributed by atoms with Crippen LogP contribution in [0.2, 0.25) is 0 Å². The van der Waals surface area contributed by atoms with Crippen molar-refractivity contribution in [3.8, 4) is 0 Å². The van der Waals surface area contributed by atoms with Gasteiger partial charge in [-0.05, 0) is 66.1 Å². The Hall–Kier alpha value is -1.11. The summed E-state index contributed by atoms with van der Waals surface area (Å²) in [4.78, 5) is 25.7. The summed E-state index contributed by atoms with van der Waals surface area (Å²) in [6, 6.07) is 7.50. The highest BCUT2D eigenvalue weighted by molar-refractivity contribution is 14.1. The summed E-state index contributed by atoms with van der Waals surface area (Å²) in [6.07, 6.45) is 4.74. The van der Waals surface area contributed by atoms with E-state index in [1.165, 1.54) is 0 Å². The molecule has 1 aliphatic rings. The Bertz CT molecular complexity index is 488. The topological polar surface area (TPSA) is 49.4 Å². The Morgan fingerprint density at radius 3 is 2.71 bits per heavy atom. The zero-order valence-corrected chi connectivity index (χ0v) is 14.3. The first-order chi connectivity index (χ1) is 10.2. The number of nitrogens with one attached hydrogen (secondary N) is 1. The number of hydrogen-bond acceptors (Lipinski definition) is 2. The van der Waals surface area contributed by atoms with Crippen molar-refractivity contribution in [1.82, 2.24) is 10.2 Å². The van der Waals surface area contributed by atoms with Gasteiger partial charge in [-0.3, -0.25) is 9.59 Å². The molecule has 21 heavy (non-hydrogen) atoms. The molecule has 1 fully saturated rings. The van der Waals surface area contributed by atoms with Gasteiger partial charge < -0.3 is 10.2 Å². The van der Waals surface area contributed by atoms with Gasteiger partial charge >= 0.3 is 0 Å². The number of hydrogen-bond donors (Lipinski definition) is 1. The quantitative estimate of drug-likeness (QED) is 0.611. The maximum absolute atomic E-state index is 11.9. The summed E-state index contributed by atoms with van der Waals surface area (Å²) in [5.74, 6) is 0.213. The lowest BCUT2D eigenvalue weighted by Crippen LogP contribution is -2.34. The number of rotatable bonds is 5. The van der Waals surface area contributed by atoms with Crippen molar-refractivity contribution in [3.63, 3.8) is 0 Å². The lowest BCUT2D eigenvalue weighted by atomic mass is 10.2. The van der Waals surface area contributed by atoms with Gasteiger partial charge in [-0.2, -0.15) is 0 Å². The third-order valence-electron chi connectivity index (χ3n) is 3.67. The minimum Gasteiger partial charge on any atom is -0.352 e. The van der Waals surface area contributed by atoms with E-state index in [1.54, 1.807) is 0 Å². The fraction of sp³-hybridized carbons (Fsp3) is 0.500. The number of carbonyl (C=O) groups is 2. The zero-order valence-electron chi connectivity index (χ0n) is 12.1. The molecular formula is C16H21IN2O2. The number of halogens is 1. The van der Waals surface area contributed by atoms with Crippen molar-refractivity contribution in [3.05, 3.63) is 33.4 Å². The van der Waals surface area contributed by atoms with Gasteiger partial charge in [0.2, 0.25) is 5.91 Å². The molecule has 1 aromatic carbocycles. The van der Waals surface area contributed by atoms with Crippen molar-refractivity contribution in [2.45, 2.75) is 32.1 Å². The largest absolute Gasteiger partial charge is 0.352 e. The van der Waals surface area contributed by atoms with Crippen LogP contribution in [0.15, 0.2) is 24.3 Å². The summed E-state index contributed by atoms with van der Waals surface area (Å²) < 4.78 is 1.11. The van der Waals surface area contributed by atoms with Gasteiger partial charge in [-0.1, -0.05) is 6.42 Å². The van der Waals surface area contributed by atoms with Gasteiger partial charge in [-0.25, -0.2) is 0 Å². The van der Waals surface area contributed by atoms with Crippen molar-refractivity contribution < 1.29 is 9.59 Å². The molecule has 0 spiro atoms. The molecule has 1 aromatic rings. The van der Waals surface area contributed by atoms with E-state index in [9.17, 15) is 9.59 Å². The van der Waals surface area contributed by atoms with E-state index >= 15 is 0 Å². The Kier molecular flexibility index (Phi) is 6.48. The number of benzene rings is 1. The Labute approximate surface area is 139 Å². The second-order valence-electron chi connectivity index (χ2n) is 5.31. The highest BCUT2D eigenvalue weighted by Crippen LogP contribution is 2.11. The molecule has 1 aliphatic heterocycles. The lowest BCUT2D eigenvalue weighted by Gasteiger charge is -2.20. The smallest absolute Gasteiger partial charge is 0.251 e. The van der Waals surface area contributed by atoms with Gasteiger partial charge in [0.15, 0.2) is 0 Å². The second-order valence-corrected chi connectivity index (χ2v) is 6.55. The number of carbonyl (C=O) groups excluding carboxylic acids is 2. The van der Waals surface area contributed by atoms with Gasteiger partial charge in [0, 0.05) is 35.2 Å². The molecule has 1 N–H and O–H groups in total. The molecule has 5 heteroatoms. The lowest BCUT2D eigenvalue weighted by molar-refractivity contribution is -0.130. The summed E-state index contributed by atoms with van der Waals surface area (Å²) in [5, 5.41) is 2.91. The predicted octanol–water partition coefficient (Wildman–Crippen LogP) is 2.81.